The maximum Gasteiger partial charge on any atom is 0.278 e. The van der Waals surface area contributed by atoms with E-state index in [9.17, 15) is 4.79 Å². The first-order chi connectivity index (χ1) is 8.31. The summed E-state index contributed by atoms with van der Waals surface area (Å²) in [6.07, 6.45) is 6.78. The Morgan fingerprint density at radius 3 is 2.71 bits per heavy atom. The van der Waals surface area contributed by atoms with Gasteiger partial charge in [0.1, 0.15) is 0 Å². The number of benzene rings is 1. The van der Waals surface area contributed by atoms with Crippen LogP contribution in [-0.2, 0) is 4.74 Å². The van der Waals surface area contributed by atoms with Gasteiger partial charge in [-0.25, -0.2) is 5.01 Å². The highest BCUT2D eigenvalue weighted by Crippen LogP contribution is 2.08. The molecule has 0 saturated heterocycles. The molecule has 1 aliphatic heterocycles. The maximum atomic E-state index is 12.1. The molecule has 1 aromatic carbocycles. The highest BCUT2D eigenvalue weighted by molar-refractivity contribution is 5.97. The molecule has 86 valence electrons. The number of rotatable bonds is 1. The van der Waals surface area contributed by atoms with Crippen molar-refractivity contribution in [3.05, 3.63) is 60.3 Å². The number of amides is 1. The third-order valence-corrected chi connectivity index (χ3v) is 2.22. The fraction of sp³-hybridized carbons (Fsp3) is 0.0769. The molecule has 4 nitrogen and oxygen atoms in total. The number of carbonyl (C=O) groups is 1. The van der Waals surface area contributed by atoms with E-state index in [1.807, 2.05) is 18.2 Å². The summed E-state index contributed by atoms with van der Waals surface area (Å²) in [4.78, 5) is 12.1. The van der Waals surface area contributed by atoms with Crippen LogP contribution >= 0.6 is 0 Å². The molecular formula is C13H12N2O2. The first-order valence-electron chi connectivity index (χ1n) is 5.17. The number of ether oxygens (including phenoxy) is 1. The number of nitrogens with zero attached hydrogens (tertiary/aromatic N) is 2. The second-order valence-electron chi connectivity index (χ2n) is 3.36. The Morgan fingerprint density at radius 1 is 1.24 bits per heavy atom. The highest BCUT2D eigenvalue weighted by Gasteiger charge is 2.13. The molecule has 1 amide bonds. The number of allylic oxidation sites excluding steroid dienone is 2. The van der Waals surface area contributed by atoms with Crippen LogP contribution in [0.5, 0.6) is 0 Å². The molecule has 0 aliphatic carbocycles. The Kier molecular flexibility index (Phi) is 3.35. The molecule has 0 saturated carbocycles. The van der Waals surface area contributed by atoms with Crippen molar-refractivity contribution in [1.82, 2.24) is 5.01 Å². The van der Waals surface area contributed by atoms with Gasteiger partial charge in [-0.1, -0.05) is 24.3 Å². The van der Waals surface area contributed by atoms with Crippen LogP contribution in [-0.4, -0.2) is 23.9 Å². The van der Waals surface area contributed by atoms with E-state index in [-0.39, 0.29) is 5.91 Å². The van der Waals surface area contributed by atoms with Gasteiger partial charge < -0.3 is 4.74 Å². The molecule has 1 aliphatic rings. The van der Waals surface area contributed by atoms with Gasteiger partial charge in [-0.15, -0.1) is 5.10 Å². The van der Waals surface area contributed by atoms with Gasteiger partial charge in [-0.05, 0) is 18.2 Å². The van der Waals surface area contributed by atoms with Crippen molar-refractivity contribution in [2.75, 3.05) is 7.11 Å². The minimum Gasteiger partial charge on any atom is -0.480 e. The lowest BCUT2D eigenvalue weighted by Crippen LogP contribution is -2.21. The molecule has 2 rings (SSSR count). The molecule has 0 bridgehead atoms. The summed E-state index contributed by atoms with van der Waals surface area (Å²) in [5.74, 6) is 0.194. The van der Waals surface area contributed by atoms with Gasteiger partial charge >= 0.3 is 0 Å². The van der Waals surface area contributed by atoms with Gasteiger partial charge in [0, 0.05) is 17.8 Å². The summed E-state index contributed by atoms with van der Waals surface area (Å²) < 4.78 is 5.02. The molecule has 0 unspecified atom stereocenters. The predicted molar refractivity (Wildman–Crippen MR) is 65.3 cm³/mol. The van der Waals surface area contributed by atoms with Crippen molar-refractivity contribution < 1.29 is 9.53 Å². The van der Waals surface area contributed by atoms with Crippen LogP contribution in [0.3, 0.4) is 0 Å². The summed E-state index contributed by atoms with van der Waals surface area (Å²) in [6.45, 7) is 0. The van der Waals surface area contributed by atoms with Crippen LogP contribution in [0.25, 0.3) is 0 Å². The van der Waals surface area contributed by atoms with Gasteiger partial charge in [0.15, 0.2) is 0 Å². The molecule has 0 N–H and O–H groups in total. The fourth-order valence-corrected chi connectivity index (χ4v) is 1.38. The molecule has 1 heterocycles. The molecule has 0 atom stereocenters. The topological polar surface area (TPSA) is 41.9 Å². The van der Waals surface area contributed by atoms with Crippen molar-refractivity contribution in [3.63, 3.8) is 0 Å². The average Bonchev–Trinajstić information content (AvgIpc) is 2.64. The van der Waals surface area contributed by atoms with E-state index in [2.05, 4.69) is 5.10 Å². The third-order valence-electron chi connectivity index (χ3n) is 2.22. The number of methoxy groups -OCH3 is 1. The quantitative estimate of drug-likeness (QED) is 0.739. The summed E-state index contributed by atoms with van der Waals surface area (Å²) in [5, 5.41) is 5.33. The normalized spacial score (nSPS) is 14.2. The summed E-state index contributed by atoms with van der Waals surface area (Å²) >= 11 is 0. The SMILES string of the molecule is COC1=NN(C(=O)c2ccccc2)C=CC=C1. The zero-order valence-corrected chi connectivity index (χ0v) is 9.41. The Hall–Kier alpha value is -2.36. The van der Waals surface area contributed by atoms with Crippen LogP contribution < -0.4 is 0 Å². The minimum atomic E-state index is -0.194. The largest absolute Gasteiger partial charge is 0.480 e. The Morgan fingerprint density at radius 2 is 2.00 bits per heavy atom. The van der Waals surface area contributed by atoms with Crippen LogP contribution in [0.1, 0.15) is 10.4 Å². The number of hydrogen-bond donors (Lipinski definition) is 0. The van der Waals surface area contributed by atoms with Crippen molar-refractivity contribution in [2.45, 2.75) is 0 Å². The van der Waals surface area contributed by atoms with Gasteiger partial charge in [0.05, 0.1) is 7.11 Å². The average molecular weight is 228 g/mol. The van der Waals surface area contributed by atoms with E-state index in [0.717, 1.165) is 0 Å². The first-order valence-corrected chi connectivity index (χ1v) is 5.17. The molecule has 1 aromatic rings. The predicted octanol–water partition coefficient (Wildman–Crippen LogP) is 2.17. The lowest BCUT2D eigenvalue weighted by atomic mass is 10.2. The zero-order valence-electron chi connectivity index (χ0n) is 9.41. The molecule has 0 aromatic heterocycles. The molecule has 0 fully saturated rings. The van der Waals surface area contributed by atoms with E-state index in [1.54, 1.807) is 36.6 Å². The monoisotopic (exact) mass is 228 g/mol. The van der Waals surface area contributed by atoms with E-state index in [4.69, 9.17) is 4.74 Å². The van der Waals surface area contributed by atoms with E-state index >= 15 is 0 Å². The number of hydrazone groups is 1. The third kappa shape index (κ3) is 2.60. The lowest BCUT2D eigenvalue weighted by molar-refractivity contribution is 0.0822. The van der Waals surface area contributed by atoms with Crippen molar-refractivity contribution >= 4 is 11.8 Å². The van der Waals surface area contributed by atoms with E-state index in [0.29, 0.717) is 11.5 Å². The smallest absolute Gasteiger partial charge is 0.278 e. The Labute approximate surface area is 99.5 Å². The summed E-state index contributed by atoms with van der Waals surface area (Å²) in [7, 11) is 1.51. The van der Waals surface area contributed by atoms with Crippen LogP contribution in [0, 0.1) is 0 Å². The van der Waals surface area contributed by atoms with Crippen molar-refractivity contribution in [2.24, 2.45) is 5.10 Å². The Bertz CT molecular complexity index is 489. The summed E-state index contributed by atoms with van der Waals surface area (Å²) in [6, 6.07) is 8.98. The highest BCUT2D eigenvalue weighted by atomic mass is 16.5. The lowest BCUT2D eigenvalue weighted by Gasteiger charge is -2.12. The molecule has 0 spiro atoms. The minimum absolute atomic E-state index is 0.194. The van der Waals surface area contributed by atoms with Crippen LogP contribution in [0.15, 0.2) is 59.9 Å². The number of carbonyl (C=O) groups excluding carboxylic acids is 1. The standard InChI is InChI=1S/C13H12N2O2/c1-17-12-9-5-6-10-15(14-12)13(16)11-7-3-2-4-8-11/h2-10H,1H3. The first kappa shape index (κ1) is 11.1. The molecular weight excluding hydrogens is 216 g/mol. The maximum absolute atomic E-state index is 12.1. The van der Waals surface area contributed by atoms with Gasteiger partial charge in [0.25, 0.3) is 5.91 Å². The molecule has 17 heavy (non-hydrogen) atoms. The second-order valence-corrected chi connectivity index (χ2v) is 3.36. The van der Waals surface area contributed by atoms with Crippen molar-refractivity contribution in [1.29, 1.82) is 0 Å². The molecule has 4 heteroatoms. The summed E-state index contributed by atoms with van der Waals surface area (Å²) in [5.41, 5.74) is 0.582. The van der Waals surface area contributed by atoms with E-state index < -0.39 is 0 Å². The van der Waals surface area contributed by atoms with Gasteiger partial charge in [0.2, 0.25) is 5.90 Å². The number of hydrogen-bond acceptors (Lipinski definition) is 3. The van der Waals surface area contributed by atoms with Gasteiger partial charge in [-0.3, -0.25) is 4.79 Å². The Balaban J connectivity index is 2.26. The fourth-order valence-electron chi connectivity index (χ4n) is 1.38. The zero-order chi connectivity index (χ0) is 12.1. The van der Waals surface area contributed by atoms with Crippen LogP contribution in [0.2, 0.25) is 0 Å². The molecule has 0 radical (unpaired) electrons. The van der Waals surface area contributed by atoms with E-state index in [1.165, 1.54) is 12.1 Å². The second kappa shape index (κ2) is 5.12. The van der Waals surface area contributed by atoms with Crippen LogP contribution in [0.4, 0.5) is 0 Å². The van der Waals surface area contributed by atoms with Crippen molar-refractivity contribution in [3.8, 4) is 0 Å². The van der Waals surface area contributed by atoms with Gasteiger partial charge in [-0.2, -0.15) is 0 Å².